The molecule has 2 aromatic carbocycles. The number of amides is 1. The fourth-order valence-corrected chi connectivity index (χ4v) is 3.34. The maximum atomic E-state index is 13.5. The van der Waals surface area contributed by atoms with Gasteiger partial charge in [-0.1, -0.05) is 37.6 Å². The fraction of sp³-hybridized carbons (Fsp3) is 0.261. The van der Waals surface area contributed by atoms with Crippen LogP contribution < -0.4 is 0 Å². The normalized spacial score (nSPS) is 11.0. The summed E-state index contributed by atoms with van der Waals surface area (Å²) >= 11 is 5.95. The van der Waals surface area contributed by atoms with E-state index in [-0.39, 0.29) is 11.7 Å². The number of halogens is 2. The van der Waals surface area contributed by atoms with Crippen molar-refractivity contribution < 1.29 is 9.18 Å². The van der Waals surface area contributed by atoms with Crippen molar-refractivity contribution in [2.45, 2.75) is 26.9 Å². The molecule has 28 heavy (non-hydrogen) atoms. The summed E-state index contributed by atoms with van der Waals surface area (Å²) in [7, 11) is 0. The molecular weight excluding hydrogens is 375 g/mol. The lowest BCUT2D eigenvalue weighted by Gasteiger charge is -2.25. The van der Waals surface area contributed by atoms with Crippen LogP contribution in [0.15, 0.2) is 66.9 Å². The van der Waals surface area contributed by atoms with Crippen LogP contribution in [0, 0.1) is 11.7 Å². The molecule has 0 saturated heterocycles. The number of carbonyl (C=O) groups excluding carboxylic acids is 1. The van der Waals surface area contributed by atoms with Crippen LogP contribution in [-0.4, -0.2) is 21.9 Å². The molecule has 0 saturated carbocycles. The lowest BCUT2D eigenvalue weighted by atomic mass is 10.1. The van der Waals surface area contributed by atoms with Gasteiger partial charge in [0.25, 0.3) is 5.91 Å². The van der Waals surface area contributed by atoms with E-state index in [1.54, 1.807) is 30.3 Å². The van der Waals surface area contributed by atoms with Crippen molar-refractivity contribution >= 4 is 17.5 Å². The smallest absolute Gasteiger partial charge is 0.254 e. The molecule has 0 N–H and O–H groups in total. The molecule has 0 radical (unpaired) electrons. The Kier molecular flexibility index (Phi) is 6.53. The molecule has 0 aliphatic heterocycles. The van der Waals surface area contributed by atoms with Crippen LogP contribution >= 0.6 is 11.6 Å². The van der Waals surface area contributed by atoms with Crippen LogP contribution in [0.1, 0.15) is 35.5 Å². The van der Waals surface area contributed by atoms with Crippen LogP contribution in [0.4, 0.5) is 4.39 Å². The van der Waals surface area contributed by atoms with E-state index in [1.165, 1.54) is 12.1 Å². The average molecular weight is 399 g/mol. The third kappa shape index (κ3) is 5.23. The van der Waals surface area contributed by atoms with Gasteiger partial charge in [0, 0.05) is 35.6 Å². The van der Waals surface area contributed by atoms with Crippen molar-refractivity contribution in [2.75, 3.05) is 6.54 Å². The molecule has 0 atom stereocenters. The number of aromatic nitrogens is 1. The lowest BCUT2D eigenvalue weighted by Crippen LogP contribution is -2.34. The summed E-state index contributed by atoms with van der Waals surface area (Å²) in [5.74, 6) is 0.0670. The van der Waals surface area contributed by atoms with Gasteiger partial charge < -0.3 is 9.47 Å². The Hall–Kier alpha value is -2.59. The zero-order valence-corrected chi connectivity index (χ0v) is 16.9. The number of hydrogen-bond donors (Lipinski definition) is 0. The Labute approximate surface area is 170 Å². The van der Waals surface area contributed by atoms with E-state index >= 15 is 0 Å². The first-order valence-corrected chi connectivity index (χ1v) is 9.73. The molecule has 146 valence electrons. The summed E-state index contributed by atoms with van der Waals surface area (Å²) < 4.78 is 15.6. The summed E-state index contributed by atoms with van der Waals surface area (Å²) in [6.45, 7) is 5.88. The van der Waals surface area contributed by atoms with Gasteiger partial charge in [0.2, 0.25) is 0 Å². The van der Waals surface area contributed by atoms with Gasteiger partial charge >= 0.3 is 0 Å². The molecule has 0 spiro atoms. The number of carbonyl (C=O) groups is 1. The zero-order valence-electron chi connectivity index (χ0n) is 16.1. The quantitative estimate of drug-likeness (QED) is 0.506. The average Bonchev–Trinajstić information content (AvgIpc) is 3.07. The van der Waals surface area contributed by atoms with Crippen LogP contribution in [0.3, 0.4) is 0 Å². The Morgan fingerprint density at radius 2 is 1.86 bits per heavy atom. The first-order chi connectivity index (χ1) is 13.4. The third-order valence-corrected chi connectivity index (χ3v) is 4.73. The van der Waals surface area contributed by atoms with Gasteiger partial charge in [-0.2, -0.15) is 0 Å². The van der Waals surface area contributed by atoms with Crippen molar-refractivity contribution in [1.29, 1.82) is 0 Å². The second-order valence-electron chi connectivity index (χ2n) is 7.34. The van der Waals surface area contributed by atoms with Crippen LogP contribution in [0.2, 0.25) is 5.02 Å². The first-order valence-electron chi connectivity index (χ1n) is 9.35. The number of benzene rings is 2. The number of hydrogen-bond acceptors (Lipinski definition) is 1. The molecule has 1 amide bonds. The molecule has 0 aliphatic rings. The molecule has 3 rings (SSSR count). The molecule has 1 aromatic heterocycles. The van der Waals surface area contributed by atoms with Gasteiger partial charge in [-0.05, 0) is 60.0 Å². The highest BCUT2D eigenvalue weighted by Gasteiger charge is 2.19. The topological polar surface area (TPSA) is 25.2 Å². The van der Waals surface area contributed by atoms with E-state index in [0.29, 0.717) is 36.1 Å². The Bertz CT molecular complexity index is 934. The second-order valence-corrected chi connectivity index (χ2v) is 7.78. The molecule has 0 bridgehead atoms. The van der Waals surface area contributed by atoms with Gasteiger partial charge in [-0.25, -0.2) is 4.39 Å². The van der Waals surface area contributed by atoms with Gasteiger partial charge in [-0.3, -0.25) is 4.79 Å². The summed E-state index contributed by atoms with van der Waals surface area (Å²) in [4.78, 5) is 14.9. The van der Waals surface area contributed by atoms with Gasteiger partial charge in [0.1, 0.15) is 5.82 Å². The van der Waals surface area contributed by atoms with Crippen LogP contribution in [0.25, 0.3) is 0 Å². The van der Waals surface area contributed by atoms with E-state index < -0.39 is 0 Å². The summed E-state index contributed by atoms with van der Waals surface area (Å²) in [6, 6.07) is 17.5. The Balaban J connectivity index is 1.81. The maximum absolute atomic E-state index is 13.5. The van der Waals surface area contributed by atoms with Crippen molar-refractivity contribution in [2.24, 2.45) is 5.92 Å². The highest BCUT2D eigenvalue weighted by molar-refractivity contribution is 6.30. The second kappa shape index (κ2) is 9.07. The van der Waals surface area contributed by atoms with Gasteiger partial charge in [0.15, 0.2) is 0 Å². The van der Waals surface area contributed by atoms with Crippen LogP contribution in [0.5, 0.6) is 0 Å². The number of rotatable bonds is 7. The number of nitrogens with zero attached hydrogens (tertiary/aromatic N) is 2. The predicted octanol–water partition coefficient (Wildman–Crippen LogP) is 5.63. The maximum Gasteiger partial charge on any atom is 0.254 e. The Morgan fingerprint density at radius 1 is 1.11 bits per heavy atom. The van der Waals surface area contributed by atoms with E-state index in [1.807, 2.05) is 29.3 Å². The molecule has 0 fully saturated rings. The van der Waals surface area contributed by atoms with E-state index in [0.717, 1.165) is 11.3 Å². The molecule has 5 heteroatoms. The van der Waals surface area contributed by atoms with Crippen LogP contribution in [-0.2, 0) is 13.1 Å². The highest BCUT2D eigenvalue weighted by Crippen LogP contribution is 2.17. The Morgan fingerprint density at radius 3 is 2.54 bits per heavy atom. The van der Waals surface area contributed by atoms with Gasteiger partial charge in [0.05, 0.1) is 6.54 Å². The SMILES string of the molecule is CC(C)CN(Cc1cccn1Cc1cccc(F)c1)C(=O)c1ccc(Cl)cc1. The molecule has 0 unspecified atom stereocenters. The van der Waals surface area contributed by atoms with E-state index in [4.69, 9.17) is 11.6 Å². The fourth-order valence-electron chi connectivity index (χ4n) is 3.21. The highest BCUT2D eigenvalue weighted by atomic mass is 35.5. The summed E-state index contributed by atoms with van der Waals surface area (Å²) in [5, 5.41) is 0.607. The minimum atomic E-state index is -0.245. The minimum Gasteiger partial charge on any atom is -0.345 e. The zero-order chi connectivity index (χ0) is 20.1. The summed E-state index contributed by atoms with van der Waals surface area (Å²) in [5.41, 5.74) is 2.51. The van der Waals surface area contributed by atoms with E-state index in [9.17, 15) is 9.18 Å². The molecule has 3 nitrogen and oxygen atoms in total. The third-order valence-electron chi connectivity index (χ3n) is 4.48. The molecule has 0 aliphatic carbocycles. The molecular formula is C23H24ClFN2O. The van der Waals surface area contributed by atoms with Crippen molar-refractivity contribution in [3.8, 4) is 0 Å². The molecule has 1 heterocycles. The monoisotopic (exact) mass is 398 g/mol. The van der Waals surface area contributed by atoms with Crippen molar-refractivity contribution in [3.63, 3.8) is 0 Å². The largest absolute Gasteiger partial charge is 0.345 e. The van der Waals surface area contributed by atoms with E-state index in [2.05, 4.69) is 18.4 Å². The van der Waals surface area contributed by atoms with Crippen molar-refractivity contribution in [1.82, 2.24) is 9.47 Å². The first kappa shape index (κ1) is 20.2. The van der Waals surface area contributed by atoms with Gasteiger partial charge in [-0.15, -0.1) is 0 Å². The minimum absolute atomic E-state index is 0.0242. The predicted molar refractivity (Wildman–Crippen MR) is 111 cm³/mol. The van der Waals surface area contributed by atoms with Crippen molar-refractivity contribution in [3.05, 3.63) is 94.5 Å². The molecule has 3 aromatic rings. The standard InChI is InChI=1S/C23H24ClFN2O/c1-17(2)14-27(23(28)19-8-10-20(24)11-9-19)16-22-7-4-12-26(22)15-18-5-3-6-21(25)13-18/h3-13,17H,14-16H2,1-2H3. The summed E-state index contributed by atoms with van der Waals surface area (Å²) in [6.07, 6.45) is 1.96. The lowest BCUT2D eigenvalue weighted by molar-refractivity contribution is 0.0719.